The molecule has 0 rings (SSSR count). The SMILES string of the molecule is CCCCC(CC)OC(CCC)CCC. The quantitative estimate of drug-likeness (QED) is 0.500. The van der Waals surface area contributed by atoms with E-state index in [9.17, 15) is 0 Å². The summed E-state index contributed by atoms with van der Waals surface area (Å²) in [5, 5.41) is 0. The third-order valence-electron chi connectivity index (χ3n) is 2.94. The molecule has 0 aromatic rings. The van der Waals surface area contributed by atoms with Crippen molar-refractivity contribution in [2.24, 2.45) is 0 Å². The smallest absolute Gasteiger partial charge is 0.0578 e. The van der Waals surface area contributed by atoms with Gasteiger partial charge in [0.2, 0.25) is 0 Å². The molecule has 1 unspecified atom stereocenters. The molecule has 1 nitrogen and oxygen atoms in total. The van der Waals surface area contributed by atoms with Crippen molar-refractivity contribution >= 4 is 0 Å². The molecule has 0 amide bonds. The van der Waals surface area contributed by atoms with Crippen LogP contribution in [0.15, 0.2) is 0 Å². The molecule has 0 spiro atoms. The highest BCUT2D eigenvalue weighted by Crippen LogP contribution is 2.17. The summed E-state index contributed by atoms with van der Waals surface area (Å²) in [7, 11) is 0. The third-order valence-corrected chi connectivity index (χ3v) is 2.94. The monoisotopic (exact) mass is 214 g/mol. The first kappa shape index (κ1) is 15.0. The molecule has 0 N–H and O–H groups in total. The Kier molecular flexibility index (Phi) is 10.4. The fourth-order valence-corrected chi connectivity index (χ4v) is 2.00. The largest absolute Gasteiger partial charge is 0.375 e. The van der Waals surface area contributed by atoms with Gasteiger partial charge < -0.3 is 4.74 Å². The Balaban J connectivity index is 3.85. The number of hydrogen-bond acceptors (Lipinski definition) is 1. The highest BCUT2D eigenvalue weighted by atomic mass is 16.5. The van der Waals surface area contributed by atoms with Gasteiger partial charge in [-0.2, -0.15) is 0 Å². The first-order valence-corrected chi connectivity index (χ1v) is 6.93. The number of ether oxygens (including phenoxy) is 1. The molecule has 1 heteroatoms. The summed E-state index contributed by atoms with van der Waals surface area (Å²) >= 11 is 0. The van der Waals surface area contributed by atoms with Gasteiger partial charge in [0.15, 0.2) is 0 Å². The average molecular weight is 214 g/mol. The van der Waals surface area contributed by atoms with Gasteiger partial charge in [0, 0.05) is 0 Å². The molecule has 0 aliphatic heterocycles. The number of hydrogen-bond donors (Lipinski definition) is 0. The topological polar surface area (TPSA) is 9.23 Å². The lowest BCUT2D eigenvalue weighted by Crippen LogP contribution is -2.21. The van der Waals surface area contributed by atoms with E-state index < -0.39 is 0 Å². The maximum Gasteiger partial charge on any atom is 0.0578 e. The fourth-order valence-electron chi connectivity index (χ4n) is 2.00. The molecule has 15 heavy (non-hydrogen) atoms. The van der Waals surface area contributed by atoms with Gasteiger partial charge in [-0.25, -0.2) is 0 Å². The molecule has 92 valence electrons. The second-order valence-corrected chi connectivity index (χ2v) is 4.51. The minimum Gasteiger partial charge on any atom is -0.375 e. The van der Waals surface area contributed by atoms with Crippen molar-refractivity contribution < 1.29 is 4.74 Å². The van der Waals surface area contributed by atoms with Crippen LogP contribution in [0.3, 0.4) is 0 Å². The lowest BCUT2D eigenvalue weighted by atomic mass is 10.1. The summed E-state index contributed by atoms with van der Waals surface area (Å²) in [6.45, 7) is 9.00. The van der Waals surface area contributed by atoms with E-state index in [1.54, 1.807) is 0 Å². The van der Waals surface area contributed by atoms with Crippen LogP contribution in [-0.4, -0.2) is 12.2 Å². The Hall–Kier alpha value is -0.0400. The van der Waals surface area contributed by atoms with Crippen LogP contribution >= 0.6 is 0 Å². The minimum absolute atomic E-state index is 0.507. The van der Waals surface area contributed by atoms with Gasteiger partial charge in [-0.05, 0) is 25.7 Å². The maximum absolute atomic E-state index is 6.18. The Labute approximate surface area is 96.6 Å². The van der Waals surface area contributed by atoms with Crippen LogP contribution < -0.4 is 0 Å². The van der Waals surface area contributed by atoms with Crippen molar-refractivity contribution in [2.45, 2.75) is 91.3 Å². The molecule has 0 aliphatic carbocycles. The van der Waals surface area contributed by atoms with Crippen LogP contribution in [0.4, 0.5) is 0 Å². The standard InChI is InChI=1S/C14H30O/c1-5-9-12-13(8-4)15-14(10-6-2)11-7-3/h13-14H,5-12H2,1-4H3. The zero-order valence-corrected chi connectivity index (χ0v) is 11.2. The maximum atomic E-state index is 6.18. The summed E-state index contributed by atoms with van der Waals surface area (Å²) in [6, 6.07) is 0. The van der Waals surface area contributed by atoms with Crippen molar-refractivity contribution in [1.82, 2.24) is 0 Å². The molecule has 0 aromatic carbocycles. The zero-order chi connectivity index (χ0) is 11.5. The van der Waals surface area contributed by atoms with Crippen LogP contribution in [0, 0.1) is 0 Å². The van der Waals surface area contributed by atoms with E-state index >= 15 is 0 Å². The highest BCUT2D eigenvalue weighted by molar-refractivity contribution is 4.62. The lowest BCUT2D eigenvalue weighted by Gasteiger charge is -2.23. The molecule has 0 aromatic heterocycles. The predicted octanol–water partition coefficient (Wildman–Crippen LogP) is 4.94. The normalized spacial score (nSPS) is 13.4. The van der Waals surface area contributed by atoms with Crippen LogP contribution in [-0.2, 0) is 4.74 Å². The summed E-state index contributed by atoms with van der Waals surface area (Å²) < 4.78 is 6.18. The molecule has 0 fully saturated rings. The van der Waals surface area contributed by atoms with Crippen LogP contribution in [0.5, 0.6) is 0 Å². The van der Waals surface area contributed by atoms with E-state index in [4.69, 9.17) is 4.74 Å². The first-order chi connectivity index (χ1) is 7.28. The average Bonchev–Trinajstić information content (AvgIpc) is 2.24. The van der Waals surface area contributed by atoms with Gasteiger partial charge in [0.05, 0.1) is 12.2 Å². The zero-order valence-electron chi connectivity index (χ0n) is 11.2. The molecular weight excluding hydrogens is 184 g/mol. The lowest BCUT2D eigenvalue weighted by molar-refractivity contribution is -0.0273. The molecule has 0 saturated heterocycles. The van der Waals surface area contributed by atoms with Gasteiger partial charge >= 0.3 is 0 Å². The van der Waals surface area contributed by atoms with Gasteiger partial charge in [-0.3, -0.25) is 0 Å². The van der Waals surface area contributed by atoms with E-state index in [0.29, 0.717) is 12.2 Å². The van der Waals surface area contributed by atoms with Crippen LogP contribution in [0.1, 0.15) is 79.1 Å². The van der Waals surface area contributed by atoms with E-state index in [1.165, 1.54) is 51.4 Å². The predicted molar refractivity (Wildman–Crippen MR) is 68.3 cm³/mol. The van der Waals surface area contributed by atoms with Gasteiger partial charge in [-0.15, -0.1) is 0 Å². The van der Waals surface area contributed by atoms with Gasteiger partial charge in [0.25, 0.3) is 0 Å². The molecular formula is C14H30O. The molecule has 0 saturated carbocycles. The Morgan fingerprint density at radius 1 is 0.733 bits per heavy atom. The second-order valence-electron chi connectivity index (χ2n) is 4.51. The van der Waals surface area contributed by atoms with E-state index in [0.717, 1.165) is 0 Å². The Morgan fingerprint density at radius 3 is 1.73 bits per heavy atom. The van der Waals surface area contributed by atoms with Crippen molar-refractivity contribution in [1.29, 1.82) is 0 Å². The van der Waals surface area contributed by atoms with Gasteiger partial charge in [0.1, 0.15) is 0 Å². The third kappa shape index (κ3) is 7.84. The van der Waals surface area contributed by atoms with Crippen molar-refractivity contribution in [2.75, 3.05) is 0 Å². The second kappa shape index (κ2) is 10.5. The molecule has 0 aliphatic rings. The fraction of sp³-hybridized carbons (Fsp3) is 1.00. The Morgan fingerprint density at radius 2 is 1.33 bits per heavy atom. The number of unbranched alkanes of at least 4 members (excludes halogenated alkanes) is 1. The molecule has 0 bridgehead atoms. The van der Waals surface area contributed by atoms with E-state index in [2.05, 4.69) is 27.7 Å². The minimum atomic E-state index is 0.507. The van der Waals surface area contributed by atoms with Crippen molar-refractivity contribution in [3.8, 4) is 0 Å². The molecule has 0 radical (unpaired) electrons. The summed E-state index contributed by atoms with van der Waals surface area (Å²) in [5.41, 5.74) is 0. The van der Waals surface area contributed by atoms with Crippen LogP contribution in [0.2, 0.25) is 0 Å². The van der Waals surface area contributed by atoms with E-state index in [1.807, 2.05) is 0 Å². The Bertz CT molecular complexity index is 117. The van der Waals surface area contributed by atoms with Gasteiger partial charge in [-0.1, -0.05) is 53.4 Å². The summed E-state index contributed by atoms with van der Waals surface area (Å²) in [5.74, 6) is 0. The summed E-state index contributed by atoms with van der Waals surface area (Å²) in [4.78, 5) is 0. The van der Waals surface area contributed by atoms with Crippen molar-refractivity contribution in [3.63, 3.8) is 0 Å². The highest BCUT2D eigenvalue weighted by Gasteiger charge is 2.13. The number of rotatable bonds is 10. The van der Waals surface area contributed by atoms with E-state index in [-0.39, 0.29) is 0 Å². The molecule has 1 atom stereocenters. The summed E-state index contributed by atoms with van der Waals surface area (Å²) in [6.07, 6.45) is 11.0. The molecule has 0 heterocycles. The first-order valence-electron chi connectivity index (χ1n) is 6.93. The van der Waals surface area contributed by atoms with Crippen LogP contribution in [0.25, 0.3) is 0 Å². The van der Waals surface area contributed by atoms with Crippen molar-refractivity contribution in [3.05, 3.63) is 0 Å².